The van der Waals surface area contributed by atoms with Crippen molar-refractivity contribution in [3.05, 3.63) is 33.8 Å². The molecule has 0 aliphatic rings. The molecule has 0 fully saturated rings. The molecule has 1 nitrogen and oxygen atoms in total. The summed E-state index contributed by atoms with van der Waals surface area (Å²) in [5, 5.41) is -0.998. The smallest absolute Gasteiger partial charge is 0.326 e. The lowest BCUT2D eigenvalue weighted by molar-refractivity contribution is -0.141. The van der Waals surface area contributed by atoms with Gasteiger partial charge in [0, 0.05) is 6.54 Å². The number of nitrogens with two attached hydrogens (primary N) is 1. The highest BCUT2D eigenvalue weighted by Crippen LogP contribution is 2.40. The summed E-state index contributed by atoms with van der Waals surface area (Å²) in [6.45, 7) is -0.658. The topological polar surface area (TPSA) is 26.0 Å². The molecular weight excluding hydrogens is 272 g/mol. The zero-order valence-electron chi connectivity index (χ0n) is 8.08. The summed E-state index contributed by atoms with van der Waals surface area (Å²) >= 11 is 5.19. The Balaban J connectivity index is 3.46. The van der Waals surface area contributed by atoms with Gasteiger partial charge in [-0.25, -0.2) is 0 Å². The number of alkyl halides is 6. The average molecular weight is 278 g/mol. The van der Waals surface area contributed by atoms with E-state index in [0.29, 0.717) is 6.07 Å². The van der Waals surface area contributed by atoms with E-state index in [9.17, 15) is 26.3 Å². The summed E-state index contributed by atoms with van der Waals surface area (Å²) in [6, 6.07) is 0.567. The van der Waals surface area contributed by atoms with E-state index in [1.807, 2.05) is 0 Å². The molecule has 0 radical (unpaired) electrons. The summed E-state index contributed by atoms with van der Waals surface area (Å²) in [6.07, 6.45) is -9.60. The summed E-state index contributed by atoms with van der Waals surface area (Å²) in [4.78, 5) is 0. The molecule has 0 aliphatic heterocycles. The molecule has 0 spiro atoms. The van der Waals surface area contributed by atoms with Crippen LogP contribution in [0.15, 0.2) is 12.1 Å². The van der Waals surface area contributed by atoms with Gasteiger partial charge in [-0.2, -0.15) is 26.3 Å². The fraction of sp³-hybridized carbons (Fsp3) is 0.333. The highest BCUT2D eigenvalue weighted by Gasteiger charge is 2.38. The van der Waals surface area contributed by atoms with Crippen molar-refractivity contribution in [2.24, 2.45) is 5.73 Å². The third-order valence-electron chi connectivity index (χ3n) is 2.02. The highest BCUT2D eigenvalue weighted by atomic mass is 35.5. The van der Waals surface area contributed by atoms with Gasteiger partial charge < -0.3 is 5.73 Å². The van der Waals surface area contributed by atoms with Crippen LogP contribution in [0, 0.1) is 0 Å². The number of rotatable bonds is 1. The molecule has 0 unspecified atom stereocenters. The largest absolute Gasteiger partial charge is 0.417 e. The molecule has 0 atom stereocenters. The Labute approximate surface area is 97.2 Å². The SMILES string of the molecule is NCc1cc(C(F)(F)F)c(Cl)cc1C(F)(F)F. The maximum Gasteiger partial charge on any atom is 0.417 e. The standard InChI is InChI=1S/C9H6ClF6N/c10-7-2-5(8(11,12)13)4(3-17)1-6(7)9(14,15)16/h1-2H,3,17H2. The van der Waals surface area contributed by atoms with E-state index in [2.05, 4.69) is 0 Å². The van der Waals surface area contributed by atoms with Crippen LogP contribution in [0.4, 0.5) is 26.3 Å². The van der Waals surface area contributed by atoms with Gasteiger partial charge in [0.1, 0.15) is 0 Å². The summed E-state index contributed by atoms with van der Waals surface area (Å²) < 4.78 is 74.5. The minimum atomic E-state index is -4.81. The molecule has 17 heavy (non-hydrogen) atoms. The van der Waals surface area contributed by atoms with Gasteiger partial charge in [-0.1, -0.05) is 11.6 Å². The number of halogens is 7. The fourth-order valence-corrected chi connectivity index (χ4v) is 1.54. The predicted octanol–water partition coefficient (Wildman–Crippen LogP) is 3.84. The van der Waals surface area contributed by atoms with Crippen LogP contribution in [-0.2, 0) is 18.9 Å². The van der Waals surface area contributed by atoms with Gasteiger partial charge in [0.25, 0.3) is 0 Å². The lowest BCUT2D eigenvalue weighted by Crippen LogP contribution is -2.15. The lowest BCUT2D eigenvalue weighted by Gasteiger charge is -2.16. The predicted molar refractivity (Wildman–Crippen MR) is 49.3 cm³/mol. The fourth-order valence-electron chi connectivity index (χ4n) is 1.27. The molecule has 0 saturated carbocycles. The maximum atomic E-state index is 12.4. The minimum absolute atomic E-state index is 0.243. The quantitative estimate of drug-likeness (QED) is 0.776. The van der Waals surface area contributed by atoms with Gasteiger partial charge in [-0.3, -0.25) is 0 Å². The van der Waals surface area contributed by atoms with Gasteiger partial charge in [0.15, 0.2) is 0 Å². The molecule has 2 N–H and O–H groups in total. The first-order chi connectivity index (χ1) is 7.57. The van der Waals surface area contributed by atoms with Crippen molar-refractivity contribution in [1.29, 1.82) is 0 Å². The molecular formula is C9H6ClF6N. The molecule has 8 heteroatoms. The van der Waals surface area contributed by atoms with E-state index in [0.717, 1.165) is 0 Å². The molecule has 1 rings (SSSR count). The molecule has 1 aromatic rings. The van der Waals surface area contributed by atoms with Crippen LogP contribution in [0.1, 0.15) is 16.7 Å². The number of hydrogen-bond donors (Lipinski definition) is 1. The van der Waals surface area contributed by atoms with Gasteiger partial charge in [0.05, 0.1) is 16.1 Å². The molecule has 96 valence electrons. The van der Waals surface area contributed by atoms with Gasteiger partial charge in [-0.05, 0) is 17.7 Å². The zero-order valence-corrected chi connectivity index (χ0v) is 8.84. The third-order valence-corrected chi connectivity index (χ3v) is 2.34. The van der Waals surface area contributed by atoms with Gasteiger partial charge in [0.2, 0.25) is 0 Å². The molecule has 0 bridgehead atoms. The van der Waals surface area contributed by atoms with Crippen LogP contribution in [0.25, 0.3) is 0 Å². The summed E-state index contributed by atoms with van der Waals surface area (Å²) in [5.41, 5.74) is 1.78. The van der Waals surface area contributed by atoms with E-state index >= 15 is 0 Å². The first-order valence-electron chi connectivity index (χ1n) is 4.24. The van der Waals surface area contributed by atoms with Crippen molar-refractivity contribution < 1.29 is 26.3 Å². The van der Waals surface area contributed by atoms with E-state index in [1.165, 1.54) is 0 Å². The Morgan fingerprint density at radius 2 is 1.41 bits per heavy atom. The summed E-state index contributed by atoms with van der Waals surface area (Å²) in [5.74, 6) is 0. The molecule has 0 aliphatic carbocycles. The first-order valence-corrected chi connectivity index (χ1v) is 4.62. The maximum absolute atomic E-state index is 12.4. The van der Waals surface area contributed by atoms with Crippen molar-refractivity contribution in [3.63, 3.8) is 0 Å². The average Bonchev–Trinajstić information content (AvgIpc) is 2.14. The second kappa shape index (κ2) is 4.38. The minimum Gasteiger partial charge on any atom is -0.326 e. The normalized spacial score (nSPS) is 12.9. The van der Waals surface area contributed by atoms with Crippen molar-refractivity contribution >= 4 is 11.6 Å². The lowest BCUT2D eigenvalue weighted by atomic mass is 10.0. The van der Waals surface area contributed by atoms with Crippen LogP contribution in [0.3, 0.4) is 0 Å². The number of benzene rings is 1. The van der Waals surface area contributed by atoms with E-state index < -0.39 is 40.6 Å². The Hall–Kier alpha value is -0.950. The Morgan fingerprint density at radius 3 is 1.76 bits per heavy atom. The van der Waals surface area contributed by atoms with Gasteiger partial charge in [-0.15, -0.1) is 0 Å². The molecule has 0 amide bonds. The highest BCUT2D eigenvalue weighted by molar-refractivity contribution is 6.31. The van der Waals surface area contributed by atoms with Crippen LogP contribution in [-0.4, -0.2) is 0 Å². The Morgan fingerprint density at radius 1 is 0.941 bits per heavy atom. The van der Waals surface area contributed by atoms with Crippen LogP contribution < -0.4 is 5.73 Å². The van der Waals surface area contributed by atoms with Crippen LogP contribution in [0.2, 0.25) is 5.02 Å². The molecule has 1 aromatic carbocycles. The van der Waals surface area contributed by atoms with Crippen molar-refractivity contribution in [2.45, 2.75) is 18.9 Å². The van der Waals surface area contributed by atoms with Crippen LogP contribution in [0.5, 0.6) is 0 Å². The zero-order chi connectivity index (χ0) is 13.4. The third kappa shape index (κ3) is 3.04. The summed E-state index contributed by atoms with van der Waals surface area (Å²) in [7, 11) is 0. The monoisotopic (exact) mass is 277 g/mol. The van der Waals surface area contributed by atoms with E-state index in [-0.39, 0.29) is 6.07 Å². The second-order valence-corrected chi connectivity index (χ2v) is 3.60. The van der Waals surface area contributed by atoms with Crippen LogP contribution >= 0.6 is 11.6 Å². The first kappa shape index (κ1) is 14.1. The molecule has 0 saturated heterocycles. The van der Waals surface area contributed by atoms with E-state index in [4.69, 9.17) is 17.3 Å². The van der Waals surface area contributed by atoms with E-state index in [1.54, 1.807) is 0 Å². The van der Waals surface area contributed by atoms with Crippen molar-refractivity contribution in [3.8, 4) is 0 Å². The molecule has 0 aromatic heterocycles. The Bertz CT molecular complexity index is 423. The van der Waals surface area contributed by atoms with Gasteiger partial charge >= 0.3 is 12.4 Å². The second-order valence-electron chi connectivity index (χ2n) is 3.19. The number of hydrogen-bond acceptors (Lipinski definition) is 1. The molecule has 0 heterocycles. The van der Waals surface area contributed by atoms with Crippen molar-refractivity contribution in [2.75, 3.05) is 0 Å². The Kier molecular flexibility index (Phi) is 3.63. The van der Waals surface area contributed by atoms with Crippen molar-refractivity contribution in [1.82, 2.24) is 0 Å².